The molecule has 0 bridgehead atoms. The highest BCUT2D eigenvalue weighted by Crippen LogP contribution is 2.36. The molecule has 0 aliphatic heterocycles. The molecule has 4 rings (SSSR count). The Morgan fingerprint density at radius 3 is 0.981 bits per heavy atom. The highest BCUT2D eigenvalue weighted by atomic mass is 35.5. The Kier molecular flexibility index (Phi) is 21.0. The summed E-state index contributed by atoms with van der Waals surface area (Å²) in [7, 11) is 16.4. The van der Waals surface area contributed by atoms with Crippen LogP contribution in [-0.2, 0) is 20.7 Å². The zero-order valence-corrected chi connectivity index (χ0v) is 34.6. The third-order valence-corrected chi connectivity index (χ3v) is 8.56. The first-order chi connectivity index (χ1) is 23.9. The third-order valence-electron chi connectivity index (χ3n) is 8.56. The van der Waals surface area contributed by atoms with E-state index in [1.54, 1.807) is 12.2 Å². The number of anilines is 2. The molecule has 4 aromatic carbocycles. The molecule has 284 valence electrons. The molecule has 0 spiro atoms. The number of terminal acetylenes is 2. The fourth-order valence-electron chi connectivity index (χ4n) is 5.52. The Hall–Kier alpha value is -4.21. The van der Waals surface area contributed by atoms with Gasteiger partial charge in [-0.1, -0.05) is 48.3 Å². The van der Waals surface area contributed by atoms with Crippen LogP contribution in [0.1, 0.15) is 22.3 Å². The normalized spacial score (nSPS) is 10.6. The monoisotopic (exact) mass is 776 g/mol. The van der Waals surface area contributed by atoms with Crippen LogP contribution in [0.25, 0.3) is 0 Å². The fourth-order valence-corrected chi connectivity index (χ4v) is 5.52. The van der Waals surface area contributed by atoms with Crippen LogP contribution < -0.4 is 44.4 Å². The number of quaternary nitrogens is 2. The van der Waals surface area contributed by atoms with E-state index in [0.717, 1.165) is 33.6 Å². The summed E-state index contributed by atoms with van der Waals surface area (Å²) in [6.45, 7) is 8.26. The Balaban J connectivity index is 0.000000966. The number of ether oxygens (including phenoxy) is 2. The second-order valence-corrected chi connectivity index (χ2v) is 12.9. The summed E-state index contributed by atoms with van der Waals surface area (Å²) in [5.41, 5.74) is 6.52. The minimum absolute atomic E-state index is 0. The van der Waals surface area contributed by atoms with E-state index in [0.29, 0.717) is 13.2 Å². The second-order valence-electron chi connectivity index (χ2n) is 12.9. The lowest BCUT2D eigenvalue weighted by Gasteiger charge is -2.30. The van der Waals surface area contributed by atoms with Crippen molar-refractivity contribution in [3.63, 3.8) is 0 Å². The molecule has 0 fully saturated rings. The van der Waals surface area contributed by atoms with Crippen molar-refractivity contribution in [3.05, 3.63) is 145 Å². The Morgan fingerprint density at radius 1 is 0.547 bits per heavy atom. The van der Waals surface area contributed by atoms with E-state index in [9.17, 15) is 0 Å². The minimum Gasteiger partial charge on any atom is -1.00 e. The minimum atomic E-state index is -0.941. The quantitative estimate of drug-likeness (QED) is 0.136. The van der Waals surface area contributed by atoms with Gasteiger partial charge in [0.2, 0.25) is 0 Å². The summed E-state index contributed by atoms with van der Waals surface area (Å²) >= 11 is 0. The highest BCUT2D eigenvalue weighted by Gasteiger charge is 2.34. The number of benzene rings is 4. The highest BCUT2D eigenvalue weighted by molar-refractivity contribution is 5.85. The number of hydrogen-bond donors (Lipinski definition) is 2. The van der Waals surface area contributed by atoms with Gasteiger partial charge in [0.25, 0.3) is 0 Å². The molecule has 0 saturated carbocycles. The summed E-state index contributed by atoms with van der Waals surface area (Å²) in [6.07, 6.45) is 15.4. The van der Waals surface area contributed by atoms with Crippen LogP contribution >= 0.6 is 12.4 Å². The lowest BCUT2D eigenvalue weighted by Crippen LogP contribution is -3.00. The number of hydrogen-bond acceptors (Lipinski definition) is 4. The van der Waals surface area contributed by atoms with Crippen LogP contribution in [0.3, 0.4) is 0 Å². The molecule has 0 aliphatic rings. The van der Waals surface area contributed by atoms with Crippen LogP contribution in [0.4, 0.5) is 22.7 Å². The van der Waals surface area contributed by atoms with Gasteiger partial charge in [0.15, 0.2) is 11.2 Å². The smallest absolute Gasteiger partial charge is 0.179 e. The first kappa shape index (κ1) is 48.8. The van der Waals surface area contributed by atoms with E-state index in [1.165, 1.54) is 21.2 Å². The van der Waals surface area contributed by atoms with E-state index in [4.69, 9.17) is 22.3 Å². The zero-order valence-electron chi connectivity index (χ0n) is 32.3. The molecule has 0 atom stereocenters. The molecular weight excluding hydrogens is 723 g/mol. The number of rotatable bonds is 14. The van der Waals surface area contributed by atoms with Gasteiger partial charge in [-0.25, -0.2) is 0 Å². The van der Waals surface area contributed by atoms with Gasteiger partial charge in [-0.2, -0.15) is 0 Å². The molecule has 4 aromatic rings. The number of halogens is 3. The average molecular weight is 778 g/mol. The predicted molar refractivity (Wildman–Crippen MR) is 218 cm³/mol. The van der Waals surface area contributed by atoms with Crippen molar-refractivity contribution in [1.29, 1.82) is 0 Å². The maximum atomic E-state index is 6.13. The zero-order chi connectivity index (χ0) is 36.9. The molecule has 0 aromatic heterocycles. The molecule has 2 N–H and O–H groups in total. The van der Waals surface area contributed by atoms with Crippen molar-refractivity contribution in [2.75, 3.05) is 79.4 Å². The van der Waals surface area contributed by atoms with Gasteiger partial charge in [-0.15, -0.1) is 38.4 Å². The van der Waals surface area contributed by atoms with Crippen LogP contribution in [0, 0.1) is 24.7 Å². The van der Waals surface area contributed by atoms with Crippen molar-refractivity contribution in [2.45, 2.75) is 11.2 Å². The first-order valence-electron chi connectivity index (χ1n) is 16.7. The van der Waals surface area contributed by atoms with E-state index in [2.05, 4.69) is 112 Å². The van der Waals surface area contributed by atoms with Crippen LogP contribution in [0.15, 0.2) is 122 Å². The Bertz CT molecular complexity index is 1520. The van der Waals surface area contributed by atoms with Crippen molar-refractivity contribution < 1.29 is 44.1 Å². The summed E-state index contributed by atoms with van der Waals surface area (Å²) in [5, 5.41) is 0. The maximum Gasteiger partial charge on any atom is 0.179 e. The molecule has 9 heteroatoms. The molecule has 0 aliphatic carbocycles. The van der Waals surface area contributed by atoms with E-state index in [-0.39, 0.29) is 37.2 Å². The van der Waals surface area contributed by atoms with Crippen LogP contribution in [-0.4, -0.2) is 69.6 Å². The summed E-state index contributed by atoms with van der Waals surface area (Å²) in [5.74, 6) is 5.78. The standard InChI is InChI=1S/2C22H26N2O.3ClH/c2*1-7-17-25-22(8-2,18-9-13-20(14-10-18)23(3)4)19-11-15-21(16-12-19)24(5)6;;;/h2*2,7,9-16H,1,17H2,3-6H3;3*1H. The van der Waals surface area contributed by atoms with E-state index in [1.807, 2.05) is 76.7 Å². The molecule has 0 unspecified atom stereocenters. The third kappa shape index (κ3) is 11.9. The molecule has 0 saturated heterocycles. The predicted octanol–water partition coefficient (Wildman–Crippen LogP) is -0.354. The van der Waals surface area contributed by atoms with Crippen LogP contribution in [0.5, 0.6) is 0 Å². The SMILES string of the molecule is C#CC(OCC=C)(c1ccc(N(C)C)cc1)c1ccc(N(C)C)cc1.C#CC(OCC=C)(c1ccc([NH+](C)C)cc1)c1ccc([NH+](C)C)cc1.Cl.[Cl-].[Cl-]. The topological polar surface area (TPSA) is 33.8 Å². The lowest BCUT2D eigenvalue weighted by atomic mass is 9.86. The average Bonchev–Trinajstić information content (AvgIpc) is 3.13. The molecular formula is C44H55Cl3N4O2. The Morgan fingerprint density at radius 2 is 0.792 bits per heavy atom. The lowest BCUT2D eigenvalue weighted by molar-refractivity contribution is -0.786. The van der Waals surface area contributed by atoms with Gasteiger partial charge < -0.3 is 53.9 Å². The fraction of sp³-hybridized carbons (Fsp3) is 0.273. The van der Waals surface area contributed by atoms with E-state index < -0.39 is 11.2 Å². The van der Waals surface area contributed by atoms with Crippen LogP contribution in [0.2, 0.25) is 0 Å². The summed E-state index contributed by atoms with van der Waals surface area (Å²) in [4.78, 5) is 6.64. The molecule has 0 amide bonds. The summed E-state index contributed by atoms with van der Waals surface area (Å²) in [6, 6.07) is 32.9. The van der Waals surface area contributed by atoms with Gasteiger partial charge in [-0.3, -0.25) is 0 Å². The number of nitrogens with zero attached hydrogens (tertiary/aromatic N) is 2. The van der Waals surface area contributed by atoms with Gasteiger partial charge in [-0.05, 0) is 72.8 Å². The molecule has 53 heavy (non-hydrogen) atoms. The van der Waals surface area contributed by atoms with Crippen molar-refractivity contribution in [1.82, 2.24) is 0 Å². The first-order valence-corrected chi connectivity index (χ1v) is 16.7. The van der Waals surface area contributed by atoms with Gasteiger partial charge >= 0.3 is 0 Å². The van der Waals surface area contributed by atoms with Crippen molar-refractivity contribution in [2.24, 2.45) is 0 Å². The van der Waals surface area contributed by atoms with Gasteiger partial charge in [0.1, 0.15) is 11.4 Å². The van der Waals surface area contributed by atoms with Crippen molar-refractivity contribution in [3.8, 4) is 24.7 Å². The van der Waals surface area contributed by atoms with E-state index >= 15 is 0 Å². The largest absolute Gasteiger partial charge is 1.00 e. The van der Waals surface area contributed by atoms with Gasteiger partial charge in [0.05, 0.1) is 41.4 Å². The second kappa shape index (κ2) is 22.8. The number of nitrogens with one attached hydrogen (secondary N) is 2. The molecule has 6 nitrogen and oxygen atoms in total. The van der Waals surface area contributed by atoms with Gasteiger partial charge in [0, 0.05) is 61.8 Å². The van der Waals surface area contributed by atoms with Crippen molar-refractivity contribution >= 4 is 35.2 Å². The maximum absolute atomic E-state index is 6.13. The molecule has 0 radical (unpaired) electrons. The Labute approximate surface area is 337 Å². The summed E-state index contributed by atoms with van der Waals surface area (Å²) < 4.78 is 12.3. The molecule has 0 heterocycles.